The summed E-state index contributed by atoms with van der Waals surface area (Å²) in [6.07, 6.45) is 5.20. The van der Waals surface area contributed by atoms with E-state index in [2.05, 4.69) is 25.1 Å². The first kappa shape index (κ1) is 15.5. The fourth-order valence-electron chi connectivity index (χ4n) is 2.50. The van der Waals surface area contributed by atoms with Crippen molar-refractivity contribution in [3.8, 4) is 5.75 Å². The number of nitrogens with zero attached hydrogens (tertiary/aromatic N) is 4. The Bertz CT molecular complexity index is 659. The van der Waals surface area contributed by atoms with Gasteiger partial charge in [0.05, 0.1) is 13.3 Å². The summed E-state index contributed by atoms with van der Waals surface area (Å²) < 4.78 is 5.23. The van der Waals surface area contributed by atoms with Gasteiger partial charge in [-0.3, -0.25) is 4.98 Å². The van der Waals surface area contributed by atoms with E-state index in [-0.39, 0.29) is 0 Å². The SMILES string of the molecule is COc1cccc(NC(=S)N2CCN(c3cnccn3)CC2)c1. The highest BCUT2D eigenvalue weighted by Gasteiger charge is 2.20. The van der Waals surface area contributed by atoms with Crippen molar-refractivity contribution in [1.82, 2.24) is 14.9 Å². The average molecular weight is 329 g/mol. The van der Waals surface area contributed by atoms with Gasteiger partial charge in [0.2, 0.25) is 0 Å². The highest BCUT2D eigenvalue weighted by atomic mass is 32.1. The second-order valence-corrected chi connectivity index (χ2v) is 5.59. The van der Waals surface area contributed by atoms with Crippen LogP contribution in [0.4, 0.5) is 11.5 Å². The van der Waals surface area contributed by atoms with Crippen molar-refractivity contribution >= 4 is 28.8 Å². The van der Waals surface area contributed by atoms with Gasteiger partial charge in [0.25, 0.3) is 0 Å². The smallest absolute Gasteiger partial charge is 0.173 e. The van der Waals surface area contributed by atoms with Crippen LogP contribution in [0.3, 0.4) is 0 Å². The molecule has 1 aliphatic heterocycles. The minimum atomic E-state index is 0.733. The quantitative estimate of drug-likeness (QED) is 0.864. The topological polar surface area (TPSA) is 53.5 Å². The monoisotopic (exact) mass is 329 g/mol. The number of hydrogen-bond acceptors (Lipinski definition) is 5. The lowest BCUT2D eigenvalue weighted by Gasteiger charge is -2.36. The van der Waals surface area contributed by atoms with Crippen molar-refractivity contribution in [1.29, 1.82) is 0 Å². The van der Waals surface area contributed by atoms with Crippen molar-refractivity contribution in [2.75, 3.05) is 43.5 Å². The summed E-state index contributed by atoms with van der Waals surface area (Å²) in [5, 5.41) is 4.01. The summed E-state index contributed by atoms with van der Waals surface area (Å²) >= 11 is 5.52. The van der Waals surface area contributed by atoms with Crippen LogP contribution in [0.1, 0.15) is 0 Å². The number of hydrogen-bond donors (Lipinski definition) is 1. The third kappa shape index (κ3) is 3.87. The molecule has 0 bridgehead atoms. The zero-order chi connectivity index (χ0) is 16.1. The van der Waals surface area contributed by atoms with Crippen molar-refractivity contribution in [2.45, 2.75) is 0 Å². The molecule has 0 amide bonds. The second kappa shape index (κ2) is 7.23. The van der Waals surface area contributed by atoms with E-state index < -0.39 is 0 Å². The van der Waals surface area contributed by atoms with E-state index in [0.29, 0.717) is 0 Å². The molecule has 1 aliphatic rings. The van der Waals surface area contributed by atoms with Crippen LogP contribution in [-0.4, -0.2) is 53.3 Å². The third-order valence-electron chi connectivity index (χ3n) is 3.76. The van der Waals surface area contributed by atoms with E-state index in [1.165, 1.54) is 0 Å². The van der Waals surface area contributed by atoms with Crippen LogP contribution < -0.4 is 15.0 Å². The summed E-state index contributed by atoms with van der Waals surface area (Å²) in [5.41, 5.74) is 0.936. The largest absolute Gasteiger partial charge is 0.497 e. The molecule has 7 heteroatoms. The summed E-state index contributed by atoms with van der Waals surface area (Å²) in [7, 11) is 1.66. The molecule has 0 spiro atoms. The van der Waals surface area contributed by atoms with Gasteiger partial charge < -0.3 is 19.9 Å². The van der Waals surface area contributed by atoms with E-state index in [9.17, 15) is 0 Å². The van der Waals surface area contributed by atoms with Gasteiger partial charge in [-0.2, -0.15) is 0 Å². The number of nitrogens with one attached hydrogen (secondary N) is 1. The zero-order valence-corrected chi connectivity index (χ0v) is 13.8. The lowest BCUT2D eigenvalue weighted by atomic mass is 10.3. The summed E-state index contributed by atoms with van der Waals surface area (Å²) in [4.78, 5) is 12.8. The van der Waals surface area contributed by atoms with Crippen molar-refractivity contribution in [3.05, 3.63) is 42.9 Å². The fraction of sp³-hybridized carbons (Fsp3) is 0.312. The third-order valence-corrected chi connectivity index (χ3v) is 4.12. The number of piperazine rings is 1. The first-order chi connectivity index (χ1) is 11.3. The van der Waals surface area contributed by atoms with E-state index >= 15 is 0 Å². The average Bonchev–Trinajstić information content (AvgIpc) is 2.63. The lowest BCUT2D eigenvalue weighted by molar-refractivity contribution is 0.389. The number of rotatable bonds is 3. The standard InChI is InChI=1S/C16H19N5OS/c1-22-14-4-2-3-13(11-14)19-16(23)21-9-7-20(8-10-21)15-12-17-5-6-18-15/h2-6,11-12H,7-10H2,1H3,(H,19,23). The molecular formula is C16H19N5OS. The number of ether oxygens (including phenoxy) is 1. The van der Waals surface area contributed by atoms with Gasteiger partial charge in [0.15, 0.2) is 5.11 Å². The van der Waals surface area contributed by atoms with Gasteiger partial charge in [-0.05, 0) is 24.4 Å². The molecule has 0 radical (unpaired) electrons. The van der Waals surface area contributed by atoms with Crippen LogP contribution in [-0.2, 0) is 0 Å². The van der Waals surface area contributed by atoms with Crippen molar-refractivity contribution < 1.29 is 4.74 Å². The highest BCUT2D eigenvalue weighted by Crippen LogP contribution is 2.18. The maximum atomic E-state index is 5.52. The molecule has 1 aromatic heterocycles. The van der Waals surface area contributed by atoms with Crippen LogP contribution >= 0.6 is 12.2 Å². The molecule has 120 valence electrons. The van der Waals surface area contributed by atoms with Gasteiger partial charge in [-0.25, -0.2) is 4.98 Å². The number of thiocarbonyl (C=S) groups is 1. The van der Waals surface area contributed by atoms with Gasteiger partial charge in [-0.15, -0.1) is 0 Å². The lowest BCUT2D eigenvalue weighted by Crippen LogP contribution is -2.50. The molecule has 1 aromatic carbocycles. The summed E-state index contributed by atoms with van der Waals surface area (Å²) in [6, 6.07) is 7.76. The summed E-state index contributed by atoms with van der Waals surface area (Å²) in [5.74, 6) is 1.73. The molecule has 1 fully saturated rings. The Balaban J connectivity index is 1.56. The Morgan fingerprint density at radius 2 is 2.04 bits per heavy atom. The van der Waals surface area contributed by atoms with Crippen molar-refractivity contribution in [2.24, 2.45) is 0 Å². The van der Waals surface area contributed by atoms with Crippen LogP contribution in [0.15, 0.2) is 42.9 Å². The molecule has 2 heterocycles. The predicted molar refractivity (Wildman–Crippen MR) is 95.0 cm³/mol. The van der Waals surface area contributed by atoms with Gasteiger partial charge >= 0.3 is 0 Å². The second-order valence-electron chi connectivity index (χ2n) is 5.20. The molecule has 1 N–H and O–H groups in total. The van der Waals surface area contributed by atoms with E-state index in [0.717, 1.165) is 48.5 Å². The van der Waals surface area contributed by atoms with Gasteiger partial charge in [0, 0.05) is 50.3 Å². The Labute approximate surface area is 141 Å². The molecule has 0 saturated carbocycles. The van der Waals surface area contributed by atoms with Crippen LogP contribution in [0.2, 0.25) is 0 Å². The molecule has 0 aliphatic carbocycles. The molecule has 0 unspecified atom stereocenters. The predicted octanol–water partition coefficient (Wildman–Crippen LogP) is 2.00. The van der Waals surface area contributed by atoms with Crippen LogP contribution in [0.25, 0.3) is 0 Å². The molecule has 23 heavy (non-hydrogen) atoms. The first-order valence-electron chi connectivity index (χ1n) is 7.47. The van der Waals surface area contributed by atoms with Crippen molar-refractivity contribution in [3.63, 3.8) is 0 Å². The number of methoxy groups -OCH3 is 1. The molecule has 1 saturated heterocycles. The first-order valence-corrected chi connectivity index (χ1v) is 7.88. The summed E-state index contributed by atoms with van der Waals surface area (Å²) in [6.45, 7) is 3.45. The van der Waals surface area contributed by atoms with Crippen LogP contribution in [0, 0.1) is 0 Å². The maximum absolute atomic E-state index is 5.52. The minimum absolute atomic E-state index is 0.733. The highest BCUT2D eigenvalue weighted by molar-refractivity contribution is 7.80. The molecule has 3 rings (SSSR count). The van der Waals surface area contributed by atoms with E-state index in [4.69, 9.17) is 17.0 Å². The molecule has 6 nitrogen and oxygen atoms in total. The van der Waals surface area contributed by atoms with E-state index in [1.54, 1.807) is 25.7 Å². The number of benzene rings is 1. The zero-order valence-electron chi connectivity index (χ0n) is 13.0. The fourth-order valence-corrected chi connectivity index (χ4v) is 2.80. The minimum Gasteiger partial charge on any atom is -0.497 e. The Morgan fingerprint density at radius 3 is 2.74 bits per heavy atom. The Morgan fingerprint density at radius 1 is 1.22 bits per heavy atom. The van der Waals surface area contributed by atoms with Gasteiger partial charge in [0.1, 0.15) is 11.6 Å². The van der Waals surface area contributed by atoms with Crippen LogP contribution in [0.5, 0.6) is 5.75 Å². The maximum Gasteiger partial charge on any atom is 0.173 e. The number of aromatic nitrogens is 2. The molecular weight excluding hydrogens is 310 g/mol. The van der Waals surface area contributed by atoms with E-state index in [1.807, 2.05) is 24.3 Å². The Hall–Kier alpha value is -2.41. The molecule has 2 aromatic rings. The normalized spacial score (nSPS) is 14.5. The molecule has 0 atom stereocenters. The number of anilines is 2. The Kier molecular flexibility index (Phi) is 4.87. The van der Waals surface area contributed by atoms with Gasteiger partial charge in [-0.1, -0.05) is 6.07 Å².